The first-order chi connectivity index (χ1) is 13.9. The van der Waals surface area contributed by atoms with Crippen molar-refractivity contribution in [1.29, 1.82) is 0 Å². The molecule has 166 valence electrons. The lowest BCUT2D eigenvalue weighted by molar-refractivity contribution is 0.370. The van der Waals surface area contributed by atoms with E-state index in [0.717, 1.165) is 30.7 Å². The Morgan fingerprint density at radius 2 is 1.87 bits per heavy atom. The van der Waals surface area contributed by atoms with Crippen molar-refractivity contribution in [1.82, 2.24) is 20.0 Å². The molecule has 0 unspecified atom stereocenters. The molecule has 2 heterocycles. The zero-order valence-corrected chi connectivity index (χ0v) is 20.4. The van der Waals surface area contributed by atoms with Crippen LogP contribution in [-0.2, 0) is 13.5 Å². The van der Waals surface area contributed by atoms with Crippen LogP contribution in [0.1, 0.15) is 23.9 Å². The van der Waals surface area contributed by atoms with E-state index in [2.05, 4.69) is 22.2 Å². The fourth-order valence-electron chi connectivity index (χ4n) is 3.77. The molecule has 0 bridgehead atoms. The molecule has 1 aromatic heterocycles. The standard InChI is InChI=1S/C21H30F2N6.HI/c1-5-24-21(25-9-8-18-15(2)26-27(4)16(18)3)29-12-10-28(11-13-29)20-14-17(22)6-7-19(20)23;/h6-7,14H,5,8-13H2,1-4H3,(H,24,25);1H. The van der Waals surface area contributed by atoms with Crippen LogP contribution in [0.15, 0.2) is 23.2 Å². The Balaban J connectivity index is 0.00000320. The summed E-state index contributed by atoms with van der Waals surface area (Å²) in [6.45, 7) is 10.2. The molecule has 2 aromatic rings. The van der Waals surface area contributed by atoms with Crippen LogP contribution in [0, 0.1) is 25.5 Å². The summed E-state index contributed by atoms with van der Waals surface area (Å²) < 4.78 is 29.5. The number of aryl methyl sites for hydroxylation is 2. The number of guanidine groups is 1. The SMILES string of the molecule is CCNC(=NCCc1c(C)nn(C)c1C)N1CCN(c2cc(F)ccc2F)CC1.I. The second-order valence-corrected chi connectivity index (χ2v) is 7.33. The molecule has 0 radical (unpaired) electrons. The third-order valence-corrected chi connectivity index (χ3v) is 5.45. The van der Waals surface area contributed by atoms with Crippen molar-refractivity contribution in [3.05, 3.63) is 46.8 Å². The molecule has 1 aliphatic heterocycles. The number of nitrogens with one attached hydrogen (secondary N) is 1. The van der Waals surface area contributed by atoms with Crippen molar-refractivity contribution < 1.29 is 8.78 Å². The number of rotatable bonds is 5. The second-order valence-electron chi connectivity index (χ2n) is 7.33. The van der Waals surface area contributed by atoms with Gasteiger partial charge < -0.3 is 15.1 Å². The van der Waals surface area contributed by atoms with Crippen molar-refractivity contribution in [2.75, 3.05) is 44.2 Å². The van der Waals surface area contributed by atoms with Crippen LogP contribution in [0.2, 0.25) is 0 Å². The number of aromatic nitrogens is 2. The highest BCUT2D eigenvalue weighted by atomic mass is 127. The lowest BCUT2D eigenvalue weighted by atomic mass is 10.1. The third-order valence-electron chi connectivity index (χ3n) is 5.45. The predicted octanol–water partition coefficient (Wildman–Crippen LogP) is 3.26. The van der Waals surface area contributed by atoms with Gasteiger partial charge in [-0.05, 0) is 44.9 Å². The first-order valence-electron chi connectivity index (χ1n) is 10.1. The summed E-state index contributed by atoms with van der Waals surface area (Å²) in [5, 5.41) is 7.81. The van der Waals surface area contributed by atoms with Gasteiger partial charge in [0.2, 0.25) is 0 Å². The van der Waals surface area contributed by atoms with E-state index >= 15 is 0 Å². The maximum Gasteiger partial charge on any atom is 0.194 e. The largest absolute Gasteiger partial charge is 0.366 e. The van der Waals surface area contributed by atoms with Gasteiger partial charge in [0.05, 0.1) is 11.4 Å². The van der Waals surface area contributed by atoms with Crippen LogP contribution < -0.4 is 10.2 Å². The monoisotopic (exact) mass is 532 g/mol. The normalized spacial score (nSPS) is 14.7. The Morgan fingerprint density at radius 1 is 1.17 bits per heavy atom. The number of hydrogen-bond acceptors (Lipinski definition) is 3. The molecular formula is C21H31F2IN6. The van der Waals surface area contributed by atoms with Gasteiger partial charge in [-0.1, -0.05) is 0 Å². The van der Waals surface area contributed by atoms with Gasteiger partial charge in [-0.2, -0.15) is 5.10 Å². The first-order valence-corrected chi connectivity index (χ1v) is 10.1. The molecular weight excluding hydrogens is 501 g/mol. The summed E-state index contributed by atoms with van der Waals surface area (Å²) in [6, 6.07) is 3.60. The van der Waals surface area contributed by atoms with E-state index in [0.29, 0.717) is 38.4 Å². The second kappa shape index (κ2) is 10.9. The molecule has 1 N–H and O–H groups in total. The van der Waals surface area contributed by atoms with Crippen molar-refractivity contribution in [3.8, 4) is 0 Å². The Bertz CT molecular complexity index is 875. The van der Waals surface area contributed by atoms with Gasteiger partial charge in [0.25, 0.3) is 0 Å². The predicted molar refractivity (Wildman–Crippen MR) is 128 cm³/mol. The van der Waals surface area contributed by atoms with E-state index in [1.807, 2.05) is 30.5 Å². The van der Waals surface area contributed by atoms with Crippen LogP contribution in [0.5, 0.6) is 0 Å². The lowest BCUT2D eigenvalue weighted by Crippen LogP contribution is -2.52. The smallest absolute Gasteiger partial charge is 0.194 e. The van der Waals surface area contributed by atoms with Gasteiger partial charge in [0.1, 0.15) is 11.6 Å². The molecule has 3 rings (SSSR count). The van der Waals surface area contributed by atoms with Crippen LogP contribution in [0.3, 0.4) is 0 Å². The average Bonchev–Trinajstić information content (AvgIpc) is 2.95. The van der Waals surface area contributed by atoms with E-state index < -0.39 is 5.82 Å². The van der Waals surface area contributed by atoms with Gasteiger partial charge in [0, 0.05) is 58.1 Å². The Labute approximate surface area is 194 Å². The summed E-state index contributed by atoms with van der Waals surface area (Å²) >= 11 is 0. The summed E-state index contributed by atoms with van der Waals surface area (Å²) in [4.78, 5) is 8.87. The van der Waals surface area contributed by atoms with Crippen LogP contribution in [-0.4, -0.2) is 59.9 Å². The average molecular weight is 532 g/mol. The van der Waals surface area contributed by atoms with E-state index in [1.165, 1.54) is 23.4 Å². The van der Waals surface area contributed by atoms with Crippen LogP contribution in [0.4, 0.5) is 14.5 Å². The highest BCUT2D eigenvalue weighted by Gasteiger charge is 2.22. The molecule has 1 saturated heterocycles. The molecule has 1 fully saturated rings. The Hall–Kier alpha value is -1.91. The minimum absolute atomic E-state index is 0. The molecule has 0 spiro atoms. The summed E-state index contributed by atoms with van der Waals surface area (Å²) in [7, 11) is 1.96. The zero-order chi connectivity index (χ0) is 21.0. The fourth-order valence-corrected chi connectivity index (χ4v) is 3.77. The number of piperazine rings is 1. The maximum absolute atomic E-state index is 14.1. The van der Waals surface area contributed by atoms with E-state index in [1.54, 1.807) is 0 Å². The van der Waals surface area contributed by atoms with Crippen molar-refractivity contribution in [2.24, 2.45) is 12.0 Å². The zero-order valence-electron chi connectivity index (χ0n) is 18.1. The van der Waals surface area contributed by atoms with E-state index in [-0.39, 0.29) is 29.8 Å². The van der Waals surface area contributed by atoms with Crippen molar-refractivity contribution in [3.63, 3.8) is 0 Å². The molecule has 0 aliphatic carbocycles. The van der Waals surface area contributed by atoms with E-state index in [4.69, 9.17) is 4.99 Å². The maximum atomic E-state index is 14.1. The number of aliphatic imine (C=N–C) groups is 1. The molecule has 0 saturated carbocycles. The van der Waals surface area contributed by atoms with Crippen molar-refractivity contribution >= 4 is 35.6 Å². The molecule has 1 aromatic carbocycles. The molecule has 30 heavy (non-hydrogen) atoms. The summed E-state index contributed by atoms with van der Waals surface area (Å²) in [6.07, 6.45) is 0.842. The number of halogens is 3. The van der Waals surface area contributed by atoms with Gasteiger partial charge >= 0.3 is 0 Å². The van der Waals surface area contributed by atoms with E-state index in [9.17, 15) is 8.78 Å². The molecule has 6 nitrogen and oxygen atoms in total. The summed E-state index contributed by atoms with van der Waals surface area (Å²) in [5.74, 6) is 0.0633. The third kappa shape index (κ3) is 5.61. The number of anilines is 1. The number of benzene rings is 1. The Kier molecular flexibility index (Phi) is 8.87. The molecule has 0 atom stereocenters. The number of hydrogen-bond donors (Lipinski definition) is 1. The van der Waals surface area contributed by atoms with Crippen molar-refractivity contribution in [2.45, 2.75) is 27.2 Å². The van der Waals surface area contributed by atoms with Crippen LogP contribution in [0.25, 0.3) is 0 Å². The number of nitrogens with zero attached hydrogens (tertiary/aromatic N) is 5. The summed E-state index contributed by atoms with van der Waals surface area (Å²) in [5.41, 5.74) is 3.80. The first kappa shape index (κ1) is 24.4. The van der Waals surface area contributed by atoms with Crippen LogP contribution >= 0.6 is 24.0 Å². The van der Waals surface area contributed by atoms with Gasteiger partial charge in [0.15, 0.2) is 5.96 Å². The molecule has 1 aliphatic rings. The topological polar surface area (TPSA) is 48.7 Å². The van der Waals surface area contributed by atoms with Gasteiger partial charge in [-0.3, -0.25) is 9.67 Å². The fraction of sp³-hybridized carbons (Fsp3) is 0.524. The molecule has 0 amide bonds. The van der Waals surface area contributed by atoms with Gasteiger partial charge in [-0.25, -0.2) is 8.78 Å². The highest BCUT2D eigenvalue weighted by molar-refractivity contribution is 14.0. The minimum Gasteiger partial charge on any atom is -0.366 e. The minimum atomic E-state index is -0.417. The highest BCUT2D eigenvalue weighted by Crippen LogP contribution is 2.22. The molecule has 9 heteroatoms. The van der Waals surface area contributed by atoms with Gasteiger partial charge in [-0.15, -0.1) is 24.0 Å². The lowest BCUT2D eigenvalue weighted by Gasteiger charge is -2.37. The Morgan fingerprint density at radius 3 is 2.47 bits per heavy atom. The quantitative estimate of drug-likeness (QED) is 0.365.